The molecule has 1 heterocycles. The van der Waals surface area contributed by atoms with E-state index < -0.39 is 22.6 Å². The summed E-state index contributed by atoms with van der Waals surface area (Å²) in [4.78, 5) is 24.7. The van der Waals surface area contributed by atoms with Crippen LogP contribution in [-0.2, 0) is 14.8 Å². The molecule has 1 aliphatic rings. The maximum absolute atomic E-state index is 12.6. The van der Waals surface area contributed by atoms with Gasteiger partial charge in [-0.1, -0.05) is 6.07 Å². The van der Waals surface area contributed by atoms with Crippen molar-refractivity contribution >= 4 is 37.7 Å². The topological polar surface area (TPSA) is 90.0 Å². The Hall–Kier alpha value is -2.23. The zero-order chi connectivity index (χ0) is 21.0. The van der Waals surface area contributed by atoms with E-state index in [0.29, 0.717) is 28.9 Å². The molecule has 0 spiro atoms. The van der Waals surface area contributed by atoms with Gasteiger partial charge in [-0.05, 0) is 65.2 Å². The number of benzene rings is 2. The quantitative estimate of drug-likeness (QED) is 0.445. The van der Waals surface area contributed by atoms with Crippen molar-refractivity contribution in [1.82, 2.24) is 4.31 Å². The van der Waals surface area contributed by atoms with E-state index >= 15 is 0 Å². The van der Waals surface area contributed by atoms with Crippen molar-refractivity contribution in [3.63, 3.8) is 0 Å². The SMILES string of the molecule is COc1ccc(C(=O)COC(=O)c2cccc(S(=O)(=O)N3CCCC3)c2)cc1Br. The van der Waals surface area contributed by atoms with E-state index in [1.165, 1.54) is 35.7 Å². The normalized spacial score (nSPS) is 14.6. The third-order valence-corrected chi connectivity index (χ3v) is 7.10. The average Bonchev–Trinajstić information content (AvgIpc) is 3.27. The summed E-state index contributed by atoms with van der Waals surface area (Å²) in [5.41, 5.74) is 0.435. The largest absolute Gasteiger partial charge is 0.496 e. The van der Waals surface area contributed by atoms with Crippen LogP contribution in [0.1, 0.15) is 33.6 Å². The van der Waals surface area contributed by atoms with Crippen molar-refractivity contribution in [3.05, 3.63) is 58.1 Å². The Labute approximate surface area is 177 Å². The molecular weight excluding hydrogens is 462 g/mol. The number of ether oxygens (including phenoxy) is 2. The number of sulfonamides is 1. The van der Waals surface area contributed by atoms with Crippen LogP contribution in [0.3, 0.4) is 0 Å². The van der Waals surface area contributed by atoms with Gasteiger partial charge in [-0.2, -0.15) is 4.31 Å². The molecular formula is C20H20BrNO6S. The van der Waals surface area contributed by atoms with E-state index in [4.69, 9.17) is 9.47 Å². The van der Waals surface area contributed by atoms with Gasteiger partial charge in [0.25, 0.3) is 0 Å². The van der Waals surface area contributed by atoms with Gasteiger partial charge in [-0.25, -0.2) is 13.2 Å². The van der Waals surface area contributed by atoms with Crippen LogP contribution < -0.4 is 4.74 Å². The van der Waals surface area contributed by atoms with E-state index in [2.05, 4.69) is 15.9 Å². The van der Waals surface area contributed by atoms with Crippen LogP contribution in [-0.4, -0.2) is 51.3 Å². The van der Waals surface area contributed by atoms with E-state index in [9.17, 15) is 18.0 Å². The minimum Gasteiger partial charge on any atom is -0.496 e. The molecule has 0 amide bonds. The third kappa shape index (κ3) is 4.85. The van der Waals surface area contributed by atoms with Crippen LogP contribution in [0.15, 0.2) is 51.8 Å². The van der Waals surface area contributed by atoms with Gasteiger partial charge < -0.3 is 9.47 Å². The van der Waals surface area contributed by atoms with Crippen LogP contribution >= 0.6 is 15.9 Å². The highest BCUT2D eigenvalue weighted by molar-refractivity contribution is 9.10. The van der Waals surface area contributed by atoms with Crippen molar-refractivity contribution in [2.75, 3.05) is 26.8 Å². The molecule has 0 atom stereocenters. The second-order valence-corrected chi connectivity index (χ2v) is 9.28. The fourth-order valence-electron chi connectivity index (χ4n) is 3.00. The molecule has 154 valence electrons. The first-order valence-corrected chi connectivity index (χ1v) is 11.2. The molecule has 0 unspecified atom stereocenters. The number of esters is 1. The van der Waals surface area contributed by atoms with E-state index in [1.807, 2.05) is 0 Å². The summed E-state index contributed by atoms with van der Waals surface area (Å²) in [6.07, 6.45) is 1.65. The monoisotopic (exact) mass is 481 g/mol. The fraction of sp³-hybridized carbons (Fsp3) is 0.300. The minimum atomic E-state index is -3.64. The molecule has 29 heavy (non-hydrogen) atoms. The highest BCUT2D eigenvalue weighted by Gasteiger charge is 2.27. The molecule has 0 N–H and O–H groups in total. The predicted octanol–water partition coefficient (Wildman–Crippen LogP) is 3.28. The Morgan fingerprint density at radius 3 is 2.45 bits per heavy atom. The van der Waals surface area contributed by atoms with Gasteiger partial charge in [-0.3, -0.25) is 4.79 Å². The molecule has 2 aromatic rings. The number of Topliss-reactive ketones (excluding diaryl/α,β-unsaturated/α-hetero) is 1. The van der Waals surface area contributed by atoms with Crippen molar-refractivity contribution < 1.29 is 27.5 Å². The number of carbonyl (C=O) groups excluding carboxylic acids is 2. The predicted molar refractivity (Wildman–Crippen MR) is 110 cm³/mol. The Morgan fingerprint density at radius 2 is 1.79 bits per heavy atom. The summed E-state index contributed by atoms with van der Waals surface area (Å²) in [5.74, 6) is -0.568. The van der Waals surface area contributed by atoms with Crippen molar-refractivity contribution in [1.29, 1.82) is 0 Å². The maximum atomic E-state index is 12.6. The molecule has 9 heteroatoms. The number of carbonyl (C=O) groups is 2. The number of rotatable bonds is 7. The van der Waals surface area contributed by atoms with Gasteiger partial charge >= 0.3 is 5.97 Å². The molecule has 0 aliphatic carbocycles. The molecule has 7 nitrogen and oxygen atoms in total. The van der Waals surface area contributed by atoms with Crippen molar-refractivity contribution in [3.8, 4) is 5.75 Å². The number of halogens is 1. The summed E-state index contributed by atoms with van der Waals surface area (Å²) in [6, 6.07) is 10.5. The molecule has 1 saturated heterocycles. The molecule has 3 rings (SSSR count). The number of ketones is 1. The minimum absolute atomic E-state index is 0.0410. The lowest BCUT2D eigenvalue weighted by Gasteiger charge is -2.15. The molecule has 0 radical (unpaired) electrons. The molecule has 0 saturated carbocycles. The lowest BCUT2D eigenvalue weighted by atomic mass is 10.1. The molecule has 0 bridgehead atoms. The van der Waals surface area contributed by atoms with Gasteiger partial charge in [0, 0.05) is 18.7 Å². The highest BCUT2D eigenvalue weighted by atomic mass is 79.9. The molecule has 2 aromatic carbocycles. The van der Waals surface area contributed by atoms with Crippen molar-refractivity contribution in [2.45, 2.75) is 17.7 Å². The molecule has 1 aliphatic heterocycles. The first-order chi connectivity index (χ1) is 13.8. The smallest absolute Gasteiger partial charge is 0.338 e. The van der Waals surface area contributed by atoms with Crippen LogP contribution in [0.5, 0.6) is 5.75 Å². The Kier molecular flexibility index (Phi) is 6.71. The van der Waals surface area contributed by atoms with Gasteiger partial charge in [0.2, 0.25) is 10.0 Å². The van der Waals surface area contributed by atoms with Crippen LogP contribution in [0.2, 0.25) is 0 Å². The summed E-state index contributed by atoms with van der Waals surface area (Å²) < 4.78 is 37.5. The summed E-state index contributed by atoms with van der Waals surface area (Å²) in [5, 5.41) is 0. The van der Waals surface area contributed by atoms with Gasteiger partial charge in [-0.15, -0.1) is 0 Å². The number of nitrogens with zero attached hydrogens (tertiary/aromatic N) is 1. The van der Waals surface area contributed by atoms with Gasteiger partial charge in [0.1, 0.15) is 5.75 Å². The molecule has 1 fully saturated rings. The lowest BCUT2D eigenvalue weighted by molar-refractivity contribution is 0.0474. The van der Waals surface area contributed by atoms with E-state index in [-0.39, 0.29) is 16.2 Å². The standard InChI is InChI=1S/C20H20BrNO6S/c1-27-19-8-7-14(12-17(19)21)18(23)13-28-20(24)15-5-4-6-16(11-15)29(25,26)22-9-2-3-10-22/h4-8,11-12H,2-3,9-10,13H2,1H3. The second kappa shape index (κ2) is 9.06. The Morgan fingerprint density at radius 1 is 1.07 bits per heavy atom. The fourth-order valence-corrected chi connectivity index (χ4v) is 5.10. The number of methoxy groups -OCH3 is 1. The first kappa shape index (κ1) is 21.5. The van der Waals surface area contributed by atoms with Gasteiger partial charge in [0.15, 0.2) is 12.4 Å². The average molecular weight is 482 g/mol. The van der Waals surface area contributed by atoms with E-state index in [0.717, 1.165) is 12.8 Å². The summed E-state index contributed by atoms with van der Waals surface area (Å²) in [6.45, 7) is 0.493. The van der Waals surface area contributed by atoms with Crippen LogP contribution in [0.4, 0.5) is 0 Å². The maximum Gasteiger partial charge on any atom is 0.338 e. The van der Waals surface area contributed by atoms with Gasteiger partial charge in [0.05, 0.1) is 22.0 Å². The van der Waals surface area contributed by atoms with Crippen LogP contribution in [0.25, 0.3) is 0 Å². The first-order valence-electron chi connectivity index (χ1n) is 8.97. The number of hydrogen-bond acceptors (Lipinski definition) is 6. The van der Waals surface area contributed by atoms with Crippen molar-refractivity contribution in [2.24, 2.45) is 0 Å². The zero-order valence-corrected chi connectivity index (χ0v) is 18.2. The Balaban J connectivity index is 1.68. The highest BCUT2D eigenvalue weighted by Crippen LogP contribution is 2.26. The third-order valence-electron chi connectivity index (χ3n) is 4.58. The molecule has 0 aromatic heterocycles. The van der Waals surface area contributed by atoms with Crippen LogP contribution in [0, 0.1) is 0 Å². The van der Waals surface area contributed by atoms with E-state index in [1.54, 1.807) is 18.2 Å². The summed E-state index contributed by atoms with van der Waals surface area (Å²) >= 11 is 3.30. The zero-order valence-electron chi connectivity index (χ0n) is 15.8. The lowest BCUT2D eigenvalue weighted by Crippen LogP contribution is -2.28. The number of hydrogen-bond donors (Lipinski definition) is 0. The second-order valence-electron chi connectivity index (χ2n) is 6.49. The summed E-state index contributed by atoms with van der Waals surface area (Å²) in [7, 11) is -2.12. The Bertz CT molecular complexity index is 1030.